The molecular formula is C24H40IN5O3. The molecule has 186 valence electrons. The van der Waals surface area contributed by atoms with Crippen molar-refractivity contribution in [1.29, 1.82) is 0 Å². The van der Waals surface area contributed by atoms with Gasteiger partial charge in [-0.2, -0.15) is 0 Å². The number of nitrogens with zero attached hydrogens (tertiary/aromatic N) is 4. The Labute approximate surface area is 215 Å². The van der Waals surface area contributed by atoms with E-state index in [1.807, 2.05) is 43.0 Å². The van der Waals surface area contributed by atoms with Crippen molar-refractivity contribution in [3.05, 3.63) is 24.3 Å². The first-order valence-corrected chi connectivity index (χ1v) is 11.9. The molecule has 1 amide bonds. The van der Waals surface area contributed by atoms with E-state index in [4.69, 9.17) is 14.5 Å². The second kappa shape index (κ2) is 13.8. The quantitative estimate of drug-likeness (QED) is 0.293. The zero-order chi connectivity index (χ0) is 22.9. The van der Waals surface area contributed by atoms with Crippen LogP contribution in [0.3, 0.4) is 0 Å². The van der Waals surface area contributed by atoms with Crippen LogP contribution in [0.25, 0.3) is 0 Å². The normalized spacial score (nSPS) is 19.0. The molecule has 1 aromatic carbocycles. The average Bonchev–Trinajstić information content (AvgIpc) is 3.36. The molecule has 2 fully saturated rings. The highest BCUT2D eigenvalue weighted by atomic mass is 127. The molecule has 2 aliphatic heterocycles. The summed E-state index contributed by atoms with van der Waals surface area (Å²) in [6.07, 6.45) is 2.21. The van der Waals surface area contributed by atoms with Gasteiger partial charge in [0.2, 0.25) is 5.91 Å². The topological polar surface area (TPSA) is 69.6 Å². The average molecular weight is 574 g/mol. The van der Waals surface area contributed by atoms with Crippen LogP contribution in [-0.4, -0.2) is 98.2 Å². The van der Waals surface area contributed by atoms with Crippen molar-refractivity contribution < 1.29 is 14.3 Å². The third-order valence-electron chi connectivity index (χ3n) is 6.15. The first kappa shape index (κ1) is 27.5. The van der Waals surface area contributed by atoms with E-state index >= 15 is 0 Å². The molecule has 1 aromatic rings. The maximum absolute atomic E-state index is 12.7. The Morgan fingerprint density at radius 1 is 1.06 bits per heavy atom. The lowest BCUT2D eigenvalue weighted by Crippen LogP contribution is -2.57. The summed E-state index contributed by atoms with van der Waals surface area (Å²) in [5.74, 6) is 2.75. The Morgan fingerprint density at radius 3 is 2.36 bits per heavy atom. The summed E-state index contributed by atoms with van der Waals surface area (Å²) in [6.45, 7) is 12.8. The monoisotopic (exact) mass is 573 g/mol. The Kier molecular flexibility index (Phi) is 11.5. The van der Waals surface area contributed by atoms with E-state index < -0.39 is 0 Å². The van der Waals surface area contributed by atoms with Gasteiger partial charge in [-0.1, -0.05) is 6.07 Å². The Bertz CT molecular complexity index is 764. The molecule has 2 aliphatic rings. The largest absolute Gasteiger partial charge is 0.497 e. The summed E-state index contributed by atoms with van der Waals surface area (Å²) in [6, 6.07) is 7.58. The molecule has 8 nitrogen and oxygen atoms in total. The Hall–Kier alpha value is -1.75. The molecule has 3 rings (SSSR count). The number of piperazine rings is 1. The van der Waals surface area contributed by atoms with Gasteiger partial charge in [0.25, 0.3) is 0 Å². The van der Waals surface area contributed by atoms with Gasteiger partial charge in [0, 0.05) is 51.9 Å². The molecule has 9 heteroatoms. The summed E-state index contributed by atoms with van der Waals surface area (Å²) in [5, 5.41) is 3.41. The van der Waals surface area contributed by atoms with Gasteiger partial charge >= 0.3 is 0 Å². The van der Waals surface area contributed by atoms with Crippen molar-refractivity contribution in [2.24, 2.45) is 4.99 Å². The van der Waals surface area contributed by atoms with Gasteiger partial charge in [-0.05, 0) is 45.7 Å². The number of methoxy groups -OCH3 is 1. The maximum Gasteiger partial charge on any atom is 0.239 e. The van der Waals surface area contributed by atoms with Gasteiger partial charge < -0.3 is 24.6 Å². The number of carbonyl (C=O) groups excluding carboxylic acids is 1. The van der Waals surface area contributed by atoms with E-state index in [1.54, 1.807) is 7.11 Å². The fourth-order valence-electron chi connectivity index (χ4n) is 4.26. The number of aliphatic imine (C=N–C) groups is 1. The Balaban J connectivity index is 0.00000385. The number of carbonyl (C=O) groups is 1. The molecule has 2 heterocycles. The molecule has 0 aromatic heterocycles. The van der Waals surface area contributed by atoms with E-state index in [2.05, 4.69) is 22.0 Å². The molecule has 2 atom stereocenters. The maximum atomic E-state index is 12.7. The second-order valence-corrected chi connectivity index (χ2v) is 8.53. The number of halogens is 1. The van der Waals surface area contributed by atoms with Gasteiger partial charge in [-0.3, -0.25) is 9.69 Å². The molecule has 0 bridgehead atoms. The third-order valence-corrected chi connectivity index (χ3v) is 6.15. The van der Waals surface area contributed by atoms with Crippen LogP contribution in [0.5, 0.6) is 11.5 Å². The van der Waals surface area contributed by atoms with Crippen LogP contribution in [0.1, 0.15) is 33.6 Å². The predicted molar refractivity (Wildman–Crippen MR) is 143 cm³/mol. The molecule has 0 aliphatic carbocycles. The van der Waals surface area contributed by atoms with Crippen molar-refractivity contribution in [3.8, 4) is 11.5 Å². The molecule has 2 unspecified atom stereocenters. The number of amides is 1. The van der Waals surface area contributed by atoms with Crippen LogP contribution >= 0.6 is 24.0 Å². The number of nitrogens with one attached hydrogen (secondary N) is 1. The Morgan fingerprint density at radius 2 is 1.73 bits per heavy atom. The highest BCUT2D eigenvalue weighted by molar-refractivity contribution is 14.0. The standard InChI is InChI=1S/C24H39N5O3.HI/c1-5-25-24(26-18-19(2)32-22-10-8-9-21(17-22)31-4)29-15-13-27(14-16-29)20(3)23(30)28-11-6-7-12-28;/h8-10,17,19-20H,5-7,11-16,18H2,1-4H3,(H,25,26);1H. The van der Waals surface area contributed by atoms with Gasteiger partial charge in [-0.15, -0.1) is 24.0 Å². The van der Waals surface area contributed by atoms with Crippen molar-refractivity contribution in [2.45, 2.75) is 45.8 Å². The van der Waals surface area contributed by atoms with Crippen molar-refractivity contribution >= 4 is 35.8 Å². The van der Waals surface area contributed by atoms with Crippen LogP contribution in [0.2, 0.25) is 0 Å². The fraction of sp³-hybridized carbons (Fsp3) is 0.667. The van der Waals surface area contributed by atoms with E-state index in [0.717, 1.165) is 76.1 Å². The lowest BCUT2D eigenvalue weighted by molar-refractivity contribution is -0.135. The van der Waals surface area contributed by atoms with Crippen LogP contribution in [-0.2, 0) is 4.79 Å². The molecule has 0 saturated carbocycles. The smallest absolute Gasteiger partial charge is 0.239 e. The summed E-state index contributed by atoms with van der Waals surface area (Å²) in [4.78, 5) is 24.2. The number of ether oxygens (including phenoxy) is 2. The number of likely N-dealkylation sites (tertiary alicyclic amines) is 1. The second-order valence-electron chi connectivity index (χ2n) is 8.53. The summed E-state index contributed by atoms with van der Waals surface area (Å²) >= 11 is 0. The van der Waals surface area contributed by atoms with Crippen molar-refractivity contribution in [1.82, 2.24) is 20.0 Å². The van der Waals surface area contributed by atoms with Gasteiger partial charge in [0.15, 0.2) is 5.96 Å². The summed E-state index contributed by atoms with van der Waals surface area (Å²) < 4.78 is 11.3. The molecule has 33 heavy (non-hydrogen) atoms. The zero-order valence-corrected chi connectivity index (χ0v) is 22.8. The summed E-state index contributed by atoms with van der Waals surface area (Å²) in [5.41, 5.74) is 0. The minimum atomic E-state index is -0.0600. The van der Waals surface area contributed by atoms with Crippen LogP contribution in [0, 0.1) is 0 Å². The van der Waals surface area contributed by atoms with Gasteiger partial charge in [-0.25, -0.2) is 4.99 Å². The number of guanidine groups is 1. The van der Waals surface area contributed by atoms with Crippen molar-refractivity contribution in [3.63, 3.8) is 0 Å². The minimum Gasteiger partial charge on any atom is -0.497 e. The first-order valence-electron chi connectivity index (χ1n) is 11.9. The van der Waals surface area contributed by atoms with E-state index in [9.17, 15) is 4.79 Å². The predicted octanol–water partition coefficient (Wildman–Crippen LogP) is 2.67. The number of benzene rings is 1. The summed E-state index contributed by atoms with van der Waals surface area (Å²) in [7, 11) is 1.65. The molecular weight excluding hydrogens is 533 g/mol. The van der Waals surface area contributed by atoms with Crippen LogP contribution in [0.15, 0.2) is 29.3 Å². The van der Waals surface area contributed by atoms with E-state index in [1.165, 1.54) is 0 Å². The van der Waals surface area contributed by atoms with Gasteiger partial charge in [0.05, 0.1) is 19.7 Å². The first-order chi connectivity index (χ1) is 15.5. The molecule has 2 saturated heterocycles. The highest BCUT2D eigenvalue weighted by Gasteiger charge is 2.30. The zero-order valence-electron chi connectivity index (χ0n) is 20.5. The van der Waals surface area contributed by atoms with Crippen molar-refractivity contribution in [2.75, 3.05) is 59.5 Å². The number of rotatable bonds is 8. The van der Waals surface area contributed by atoms with Crippen LogP contribution in [0.4, 0.5) is 0 Å². The van der Waals surface area contributed by atoms with Crippen LogP contribution < -0.4 is 14.8 Å². The fourth-order valence-corrected chi connectivity index (χ4v) is 4.26. The number of hydrogen-bond acceptors (Lipinski definition) is 5. The highest BCUT2D eigenvalue weighted by Crippen LogP contribution is 2.20. The molecule has 0 spiro atoms. The molecule has 1 N–H and O–H groups in total. The lowest BCUT2D eigenvalue weighted by Gasteiger charge is -2.39. The van der Waals surface area contributed by atoms with Gasteiger partial charge in [0.1, 0.15) is 17.6 Å². The van der Waals surface area contributed by atoms with E-state index in [-0.39, 0.29) is 42.0 Å². The number of hydrogen-bond donors (Lipinski definition) is 1. The van der Waals surface area contributed by atoms with E-state index in [0.29, 0.717) is 6.54 Å². The molecule has 0 radical (unpaired) electrons. The third kappa shape index (κ3) is 7.91. The minimum absolute atomic E-state index is 0. The SMILES string of the molecule is CCNC(=NCC(C)Oc1cccc(OC)c1)N1CCN(C(C)C(=O)N2CCCC2)CC1.I. The lowest BCUT2D eigenvalue weighted by atomic mass is 10.2.